The van der Waals surface area contributed by atoms with Crippen molar-refractivity contribution in [2.75, 3.05) is 29.0 Å². The van der Waals surface area contributed by atoms with E-state index >= 15 is 0 Å². The van der Waals surface area contributed by atoms with E-state index in [1.54, 1.807) is 18.2 Å². The number of benzene rings is 2. The van der Waals surface area contributed by atoms with Gasteiger partial charge in [-0.05, 0) is 78.7 Å². The summed E-state index contributed by atoms with van der Waals surface area (Å²) in [6, 6.07) is 11.3. The Morgan fingerprint density at radius 2 is 1.87 bits per heavy atom. The Morgan fingerprint density at radius 3 is 2.43 bits per heavy atom. The topological polar surface area (TPSA) is 58.4 Å². The van der Waals surface area contributed by atoms with Crippen LogP contribution in [0.25, 0.3) is 0 Å². The lowest BCUT2D eigenvalue weighted by atomic mass is 10.1. The molecule has 0 aliphatic heterocycles. The van der Waals surface area contributed by atoms with Gasteiger partial charge in [-0.3, -0.25) is 4.79 Å². The quantitative estimate of drug-likeness (QED) is 0.759. The van der Waals surface area contributed by atoms with Crippen LogP contribution in [0.2, 0.25) is 0 Å². The molecule has 2 aromatic carbocycles. The third-order valence-electron chi connectivity index (χ3n) is 3.84. The van der Waals surface area contributed by atoms with Crippen molar-refractivity contribution < 1.29 is 4.79 Å². The number of hydrogen-bond donors (Lipinski definition) is 2. The number of carbonyl (C=O) groups excluding carboxylic acids is 1. The lowest BCUT2D eigenvalue weighted by Gasteiger charge is -2.22. The van der Waals surface area contributed by atoms with Gasteiger partial charge in [0.2, 0.25) is 0 Å². The molecule has 2 rings (SSSR count). The Hall–Kier alpha value is -2.01. The Bertz CT molecular complexity index is 711. The molecular weight excluding hydrogens is 354 g/mol. The van der Waals surface area contributed by atoms with E-state index in [0.29, 0.717) is 11.3 Å². The van der Waals surface area contributed by atoms with Gasteiger partial charge in [-0.2, -0.15) is 0 Å². The Balaban J connectivity index is 2.19. The SMILES string of the molecule is CCN(CC)c1ccc(NC(=O)c2ccc(Br)c(N)c2)c(C)c1. The summed E-state index contributed by atoms with van der Waals surface area (Å²) in [7, 11) is 0. The number of carbonyl (C=O) groups is 1. The Labute approximate surface area is 145 Å². The summed E-state index contributed by atoms with van der Waals surface area (Å²) in [6.45, 7) is 8.18. The van der Waals surface area contributed by atoms with E-state index in [-0.39, 0.29) is 5.91 Å². The number of amides is 1. The van der Waals surface area contributed by atoms with E-state index in [9.17, 15) is 4.79 Å². The largest absolute Gasteiger partial charge is 0.398 e. The molecule has 0 aromatic heterocycles. The maximum Gasteiger partial charge on any atom is 0.255 e. The number of hydrogen-bond acceptors (Lipinski definition) is 3. The zero-order chi connectivity index (χ0) is 17.0. The first-order valence-corrected chi connectivity index (χ1v) is 8.47. The fourth-order valence-electron chi connectivity index (χ4n) is 2.45. The number of nitrogens with two attached hydrogens (primary N) is 1. The summed E-state index contributed by atoms with van der Waals surface area (Å²) in [4.78, 5) is 14.6. The van der Waals surface area contributed by atoms with Gasteiger partial charge < -0.3 is 16.0 Å². The van der Waals surface area contributed by atoms with Gasteiger partial charge >= 0.3 is 0 Å². The Morgan fingerprint density at radius 1 is 1.17 bits per heavy atom. The molecule has 0 bridgehead atoms. The summed E-state index contributed by atoms with van der Waals surface area (Å²) in [5.41, 5.74) is 9.93. The number of aryl methyl sites for hydroxylation is 1. The minimum atomic E-state index is -0.164. The highest BCUT2D eigenvalue weighted by Crippen LogP contribution is 2.24. The predicted molar refractivity (Wildman–Crippen MR) is 101 cm³/mol. The van der Waals surface area contributed by atoms with Gasteiger partial charge in [0.25, 0.3) is 5.91 Å². The van der Waals surface area contributed by atoms with Crippen LogP contribution in [0.15, 0.2) is 40.9 Å². The lowest BCUT2D eigenvalue weighted by molar-refractivity contribution is 0.102. The molecule has 1 amide bonds. The van der Waals surface area contributed by atoms with Crippen molar-refractivity contribution in [3.8, 4) is 0 Å². The first-order valence-electron chi connectivity index (χ1n) is 7.68. The minimum Gasteiger partial charge on any atom is -0.398 e. The summed E-state index contributed by atoms with van der Waals surface area (Å²) < 4.78 is 0.786. The first kappa shape index (κ1) is 17.3. The zero-order valence-corrected chi connectivity index (χ0v) is 15.3. The molecule has 0 saturated heterocycles. The van der Waals surface area contributed by atoms with Crippen molar-refractivity contribution >= 4 is 38.9 Å². The van der Waals surface area contributed by atoms with Crippen LogP contribution in [0.5, 0.6) is 0 Å². The van der Waals surface area contributed by atoms with E-state index in [4.69, 9.17) is 5.73 Å². The maximum atomic E-state index is 12.4. The molecular formula is C18H22BrN3O. The molecule has 23 heavy (non-hydrogen) atoms. The van der Waals surface area contributed by atoms with Gasteiger partial charge in [-0.15, -0.1) is 0 Å². The van der Waals surface area contributed by atoms with Crippen LogP contribution in [0, 0.1) is 6.92 Å². The number of halogens is 1. The molecule has 122 valence electrons. The molecule has 5 heteroatoms. The smallest absolute Gasteiger partial charge is 0.255 e. The molecule has 0 saturated carbocycles. The molecule has 0 aliphatic rings. The third-order valence-corrected chi connectivity index (χ3v) is 4.57. The van der Waals surface area contributed by atoms with E-state index in [2.05, 4.69) is 46.1 Å². The van der Waals surface area contributed by atoms with Crippen LogP contribution in [-0.2, 0) is 0 Å². The average Bonchev–Trinajstić information content (AvgIpc) is 2.53. The number of nitrogens with zero attached hydrogens (tertiary/aromatic N) is 1. The minimum absolute atomic E-state index is 0.164. The number of rotatable bonds is 5. The molecule has 0 unspecified atom stereocenters. The van der Waals surface area contributed by atoms with Crippen LogP contribution in [0.4, 0.5) is 17.1 Å². The van der Waals surface area contributed by atoms with Crippen molar-refractivity contribution in [1.29, 1.82) is 0 Å². The number of anilines is 3. The van der Waals surface area contributed by atoms with Gasteiger partial charge in [0, 0.05) is 40.2 Å². The second-order valence-corrected chi connectivity index (χ2v) is 6.22. The van der Waals surface area contributed by atoms with Crippen molar-refractivity contribution in [1.82, 2.24) is 0 Å². The summed E-state index contributed by atoms with van der Waals surface area (Å²) in [6.07, 6.45) is 0. The van der Waals surface area contributed by atoms with E-state index in [1.165, 1.54) is 5.69 Å². The second kappa shape index (κ2) is 7.51. The molecule has 0 spiro atoms. The van der Waals surface area contributed by atoms with Gasteiger partial charge in [0.1, 0.15) is 0 Å². The van der Waals surface area contributed by atoms with Crippen LogP contribution in [0.1, 0.15) is 29.8 Å². The highest BCUT2D eigenvalue weighted by atomic mass is 79.9. The molecule has 4 nitrogen and oxygen atoms in total. The summed E-state index contributed by atoms with van der Waals surface area (Å²) in [5.74, 6) is -0.164. The van der Waals surface area contributed by atoms with Crippen molar-refractivity contribution in [2.24, 2.45) is 0 Å². The molecule has 0 atom stereocenters. The van der Waals surface area contributed by atoms with Crippen LogP contribution in [0.3, 0.4) is 0 Å². The van der Waals surface area contributed by atoms with Gasteiger partial charge in [-0.1, -0.05) is 0 Å². The number of nitrogen functional groups attached to an aromatic ring is 1. The van der Waals surface area contributed by atoms with E-state index in [1.807, 2.05) is 19.1 Å². The van der Waals surface area contributed by atoms with E-state index in [0.717, 1.165) is 28.8 Å². The summed E-state index contributed by atoms with van der Waals surface area (Å²) in [5, 5.41) is 2.95. The molecule has 0 fully saturated rings. The normalized spacial score (nSPS) is 10.4. The van der Waals surface area contributed by atoms with Gasteiger partial charge in [0.15, 0.2) is 0 Å². The molecule has 3 N–H and O–H groups in total. The highest BCUT2D eigenvalue weighted by Gasteiger charge is 2.10. The van der Waals surface area contributed by atoms with E-state index < -0.39 is 0 Å². The standard InChI is InChI=1S/C18H22BrN3O/c1-4-22(5-2)14-7-9-17(12(3)10-14)21-18(23)13-6-8-15(19)16(20)11-13/h6-11H,4-5,20H2,1-3H3,(H,21,23). The van der Waals surface area contributed by atoms with Crippen molar-refractivity contribution in [3.63, 3.8) is 0 Å². The summed E-state index contributed by atoms with van der Waals surface area (Å²) >= 11 is 3.33. The maximum absolute atomic E-state index is 12.4. The van der Waals surface area contributed by atoms with Crippen LogP contribution >= 0.6 is 15.9 Å². The van der Waals surface area contributed by atoms with Gasteiger partial charge in [0.05, 0.1) is 0 Å². The first-order chi connectivity index (χ1) is 11.0. The third kappa shape index (κ3) is 4.05. The molecule has 0 heterocycles. The number of nitrogens with one attached hydrogen (secondary N) is 1. The highest BCUT2D eigenvalue weighted by molar-refractivity contribution is 9.10. The van der Waals surface area contributed by atoms with Gasteiger partial charge in [-0.25, -0.2) is 0 Å². The molecule has 0 aliphatic carbocycles. The predicted octanol–water partition coefficient (Wildman–Crippen LogP) is 4.44. The average molecular weight is 376 g/mol. The second-order valence-electron chi connectivity index (χ2n) is 5.36. The van der Waals surface area contributed by atoms with Crippen molar-refractivity contribution in [3.05, 3.63) is 52.0 Å². The fraction of sp³-hybridized carbons (Fsp3) is 0.278. The molecule has 2 aromatic rings. The lowest BCUT2D eigenvalue weighted by Crippen LogP contribution is -2.22. The zero-order valence-electron chi connectivity index (χ0n) is 13.7. The monoisotopic (exact) mass is 375 g/mol. The fourth-order valence-corrected chi connectivity index (χ4v) is 2.70. The Kier molecular flexibility index (Phi) is 5.66. The van der Waals surface area contributed by atoms with Crippen molar-refractivity contribution in [2.45, 2.75) is 20.8 Å². The van der Waals surface area contributed by atoms with Crippen LogP contribution in [-0.4, -0.2) is 19.0 Å². The van der Waals surface area contributed by atoms with Crippen LogP contribution < -0.4 is 16.0 Å². The molecule has 0 radical (unpaired) electrons.